The van der Waals surface area contributed by atoms with Crippen LogP contribution in [0.2, 0.25) is 0 Å². The first kappa shape index (κ1) is 15.9. The van der Waals surface area contributed by atoms with E-state index in [4.69, 9.17) is 4.74 Å². The highest BCUT2D eigenvalue weighted by atomic mass is 16.7. The van der Waals surface area contributed by atoms with Gasteiger partial charge in [0.05, 0.1) is 0 Å². The van der Waals surface area contributed by atoms with Crippen LogP contribution >= 0.6 is 0 Å². The van der Waals surface area contributed by atoms with Crippen LogP contribution in [0.4, 0.5) is 0 Å². The number of carbonyl (C=O) groups excluding carboxylic acids is 2. The number of hydrogen-bond donors (Lipinski definition) is 0. The minimum atomic E-state index is -0.548. The summed E-state index contributed by atoms with van der Waals surface area (Å²) in [5.41, 5.74) is 3.92. The van der Waals surface area contributed by atoms with E-state index in [1.54, 1.807) is 12.1 Å². The Kier molecular flexibility index (Phi) is 4.42. The van der Waals surface area contributed by atoms with E-state index in [-0.39, 0.29) is 11.5 Å². The van der Waals surface area contributed by atoms with Crippen molar-refractivity contribution in [3.05, 3.63) is 64.7 Å². The van der Waals surface area contributed by atoms with E-state index >= 15 is 0 Å². The van der Waals surface area contributed by atoms with Gasteiger partial charge in [-0.25, -0.2) is 4.79 Å². The van der Waals surface area contributed by atoms with Crippen LogP contribution in [0, 0.1) is 6.92 Å². The summed E-state index contributed by atoms with van der Waals surface area (Å²) in [6.07, 6.45) is 0.336. The average molecular weight is 323 g/mol. The quantitative estimate of drug-likeness (QED) is 0.640. The topological polar surface area (TPSA) is 65.0 Å². The SMILES string of the molecule is CC(=O)O/N=C1/Cc2cc(OCc3ccccc3C)ccc2C1=O. The number of hydrogen-bond acceptors (Lipinski definition) is 5. The molecule has 0 spiro atoms. The van der Waals surface area contributed by atoms with Gasteiger partial charge in [-0.05, 0) is 41.8 Å². The molecular formula is C19H17NO4. The van der Waals surface area contributed by atoms with Crippen LogP contribution < -0.4 is 4.74 Å². The van der Waals surface area contributed by atoms with Gasteiger partial charge in [-0.1, -0.05) is 29.4 Å². The first-order chi connectivity index (χ1) is 11.5. The van der Waals surface area contributed by atoms with Crippen LogP contribution in [0.3, 0.4) is 0 Å². The molecule has 122 valence electrons. The average Bonchev–Trinajstić information content (AvgIpc) is 2.88. The Morgan fingerprint density at radius 1 is 1.21 bits per heavy atom. The molecule has 0 radical (unpaired) electrons. The maximum absolute atomic E-state index is 12.2. The van der Waals surface area contributed by atoms with Gasteiger partial charge in [0.25, 0.3) is 0 Å². The second-order valence-electron chi connectivity index (χ2n) is 5.66. The molecule has 1 aliphatic carbocycles. The summed E-state index contributed by atoms with van der Waals surface area (Å²) < 4.78 is 5.83. The molecule has 0 heterocycles. The third-order valence-corrected chi connectivity index (χ3v) is 3.88. The van der Waals surface area contributed by atoms with E-state index < -0.39 is 5.97 Å². The Balaban J connectivity index is 1.73. The van der Waals surface area contributed by atoms with Crippen molar-refractivity contribution in [3.8, 4) is 5.75 Å². The Labute approximate surface area is 139 Å². The van der Waals surface area contributed by atoms with Gasteiger partial charge in [0.2, 0.25) is 5.78 Å². The molecular weight excluding hydrogens is 306 g/mol. The van der Waals surface area contributed by atoms with Gasteiger partial charge in [0.1, 0.15) is 18.1 Å². The maximum atomic E-state index is 12.2. The van der Waals surface area contributed by atoms with Gasteiger partial charge >= 0.3 is 5.97 Å². The van der Waals surface area contributed by atoms with Crippen molar-refractivity contribution in [2.24, 2.45) is 5.16 Å². The lowest BCUT2D eigenvalue weighted by Crippen LogP contribution is -2.09. The maximum Gasteiger partial charge on any atom is 0.331 e. The number of ether oxygens (including phenoxy) is 1. The highest BCUT2D eigenvalue weighted by molar-refractivity contribution is 6.49. The summed E-state index contributed by atoms with van der Waals surface area (Å²) in [6.45, 7) is 3.75. The molecule has 0 saturated heterocycles. The fourth-order valence-electron chi connectivity index (χ4n) is 2.57. The van der Waals surface area contributed by atoms with Gasteiger partial charge in [0, 0.05) is 18.9 Å². The third kappa shape index (κ3) is 3.35. The number of oxime groups is 1. The van der Waals surface area contributed by atoms with Gasteiger partial charge in [0.15, 0.2) is 0 Å². The van der Waals surface area contributed by atoms with Crippen molar-refractivity contribution in [1.82, 2.24) is 0 Å². The normalized spacial score (nSPS) is 14.6. The van der Waals surface area contributed by atoms with Gasteiger partial charge in [-0.15, -0.1) is 0 Å². The molecule has 0 unspecified atom stereocenters. The Bertz CT molecular complexity index is 839. The smallest absolute Gasteiger partial charge is 0.331 e. The molecule has 0 N–H and O–H groups in total. The fraction of sp³-hybridized carbons (Fsp3) is 0.211. The molecule has 1 aliphatic rings. The zero-order valence-corrected chi connectivity index (χ0v) is 13.5. The Hall–Kier alpha value is -2.95. The fourth-order valence-corrected chi connectivity index (χ4v) is 2.57. The van der Waals surface area contributed by atoms with Crippen LogP contribution in [-0.2, 0) is 22.7 Å². The van der Waals surface area contributed by atoms with Crippen molar-refractivity contribution in [3.63, 3.8) is 0 Å². The zero-order chi connectivity index (χ0) is 17.1. The lowest BCUT2D eigenvalue weighted by Gasteiger charge is -2.09. The number of carbonyl (C=O) groups is 2. The van der Waals surface area contributed by atoms with E-state index in [1.807, 2.05) is 37.3 Å². The first-order valence-electron chi connectivity index (χ1n) is 7.64. The summed E-state index contributed by atoms with van der Waals surface area (Å²) in [7, 11) is 0. The number of rotatable bonds is 4. The molecule has 2 aromatic rings. The predicted molar refractivity (Wildman–Crippen MR) is 89.2 cm³/mol. The molecule has 0 amide bonds. The molecule has 5 nitrogen and oxygen atoms in total. The van der Waals surface area contributed by atoms with Crippen molar-refractivity contribution in [1.29, 1.82) is 0 Å². The van der Waals surface area contributed by atoms with Crippen LogP contribution in [-0.4, -0.2) is 17.5 Å². The first-order valence-corrected chi connectivity index (χ1v) is 7.64. The molecule has 2 aromatic carbocycles. The highest BCUT2D eigenvalue weighted by Crippen LogP contribution is 2.26. The molecule has 0 bridgehead atoms. The second-order valence-corrected chi connectivity index (χ2v) is 5.66. The monoisotopic (exact) mass is 323 g/mol. The van der Waals surface area contributed by atoms with E-state index in [0.717, 1.165) is 11.1 Å². The molecule has 0 saturated carbocycles. The van der Waals surface area contributed by atoms with E-state index in [1.165, 1.54) is 12.5 Å². The van der Waals surface area contributed by atoms with Gasteiger partial charge in [-0.3, -0.25) is 4.79 Å². The number of nitrogens with zero attached hydrogens (tertiary/aromatic N) is 1. The summed E-state index contributed by atoms with van der Waals surface area (Å²) in [5, 5.41) is 3.63. The van der Waals surface area contributed by atoms with Gasteiger partial charge < -0.3 is 9.57 Å². The Morgan fingerprint density at radius 2 is 2.00 bits per heavy atom. The number of ketones is 1. The van der Waals surface area contributed by atoms with Crippen LogP contribution in [0.25, 0.3) is 0 Å². The number of Topliss-reactive ketones (excluding diaryl/α,β-unsaturated/α-hetero) is 1. The van der Waals surface area contributed by atoms with Crippen molar-refractivity contribution in [2.75, 3.05) is 0 Å². The summed E-state index contributed by atoms with van der Waals surface area (Å²) in [5.74, 6) is -0.0660. The van der Waals surface area contributed by atoms with E-state index in [0.29, 0.717) is 24.3 Å². The molecule has 5 heteroatoms. The van der Waals surface area contributed by atoms with Crippen molar-refractivity contribution >= 4 is 17.5 Å². The van der Waals surface area contributed by atoms with Gasteiger partial charge in [-0.2, -0.15) is 0 Å². The Morgan fingerprint density at radius 3 is 2.75 bits per heavy atom. The molecule has 3 rings (SSSR count). The largest absolute Gasteiger partial charge is 0.489 e. The van der Waals surface area contributed by atoms with Crippen LogP contribution in [0.5, 0.6) is 5.75 Å². The van der Waals surface area contributed by atoms with Crippen LogP contribution in [0.1, 0.15) is 34.0 Å². The number of benzene rings is 2. The third-order valence-electron chi connectivity index (χ3n) is 3.88. The molecule has 0 atom stereocenters. The zero-order valence-electron chi connectivity index (χ0n) is 13.5. The highest BCUT2D eigenvalue weighted by Gasteiger charge is 2.27. The lowest BCUT2D eigenvalue weighted by molar-refractivity contribution is -0.140. The minimum Gasteiger partial charge on any atom is -0.489 e. The molecule has 0 aromatic heterocycles. The molecule has 24 heavy (non-hydrogen) atoms. The summed E-state index contributed by atoms with van der Waals surface area (Å²) in [4.78, 5) is 27.6. The molecule has 0 aliphatic heterocycles. The lowest BCUT2D eigenvalue weighted by atomic mass is 10.1. The van der Waals surface area contributed by atoms with E-state index in [9.17, 15) is 9.59 Å². The second kappa shape index (κ2) is 6.66. The minimum absolute atomic E-state index is 0.211. The number of fused-ring (bicyclic) bond motifs is 1. The van der Waals surface area contributed by atoms with Crippen molar-refractivity contribution in [2.45, 2.75) is 26.9 Å². The predicted octanol–water partition coefficient (Wildman–Crippen LogP) is 3.23. The molecule has 0 fully saturated rings. The standard InChI is InChI=1S/C19H17NO4/c1-12-5-3-4-6-14(12)11-23-16-7-8-17-15(9-16)10-18(19(17)22)20-24-13(2)21/h3-9H,10-11H2,1-2H3/b20-18-. The number of aryl methyl sites for hydroxylation is 1. The van der Waals surface area contributed by atoms with Crippen molar-refractivity contribution < 1.29 is 19.2 Å². The summed E-state index contributed by atoms with van der Waals surface area (Å²) >= 11 is 0. The van der Waals surface area contributed by atoms with Crippen LogP contribution in [0.15, 0.2) is 47.6 Å². The van der Waals surface area contributed by atoms with E-state index in [2.05, 4.69) is 9.99 Å². The summed E-state index contributed by atoms with van der Waals surface area (Å²) in [6, 6.07) is 13.4.